The maximum atomic E-state index is 11.9. The monoisotopic (exact) mass is 331 g/mol. The van der Waals surface area contributed by atoms with E-state index in [9.17, 15) is 8.42 Å². The van der Waals surface area contributed by atoms with Crippen molar-refractivity contribution in [1.29, 1.82) is 0 Å². The van der Waals surface area contributed by atoms with Gasteiger partial charge in [-0.1, -0.05) is 26.0 Å². The molecule has 0 radical (unpaired) electrons. The highest BCUT2D eigenvalue weighted by Crippen LogP contribution is 2.24. The molecule has 21 heavy (non-hydrogen) atoms. The molecule has 0 amide bonds. The fourth-order valence-corrected chi connectivity index (χ4v) is 4.23. The SMILES string of the molecule is CCN(CC)CCNS(=O)(=O)CCSc1ccccc1N. The number of nitrogens with zero attached hydrogens (tertiary/aromatic N) is 1. The van der Waals surface area contributed by atoms with Crippen molar-refractivity contribution in [1.82, 2.24) is 9.62 Å². The van der Waals surface area contributed by atoms with Gasteiger partial charge in [0, 0.05) is 29.4 Å². The highest BCUT2D eigenvalue weighted by Gasteiger charge is 2.11. The van der Waals surface area contributed by atoms with Gasteiger partial charge >= 0.3 is 0 Å². The maximum Gasteiger partial charge on any atom is 0.212 e. The van der Waals surface area contributed by atoms with Crippen LogP contribution in [0.2, 0.25) is 0 Å². The first-order valence-corrected chi connectivity index (χ1v) is 9.79. The predicted molar refractivity (Wildman–Crippen MR) is 91.2 cm³/mol. The minimum atomic E-state index is -3.22. The van der Waals surface area contributed by atoms with Crippen LogP contribution in [0.15, 0.2) is 29.2 Å². The van der Waals surface area contributed by atoms with Crippen LogP contribution in [0, 0.1) is 0 Å². The van der Waals surface area contributed by atoms with Crippen molar-refractivity contribution < 1.29 is 8.42 Å². The Morgan fingerprint density at radius 2 is 1.90 bits per heavy atom. The quantitative estimate of drug-likeness (QED) is 0.503. The number of sulfonamides is 1. The van der Waals surface area contributed by atoms with Crippen LogP contribution in [0.3, 0.4) is 0 Å². The Morgan fingerprint density at radius 1 is 1.24 bits per heavy atom. The Bertz CT molecular complexity index is 517. The molecule has 1 aromatic rings. The molecule has 0 aliphatic carbocycles. The van der Waals surface area contributed by atoms with Gasteiger partial charge in [-0.05, 0) is 25.2 Å². The van der Waals surface area contributed by atoms with E-state index in [1.165, 1.54) is 11.8 Å². The van der Waals surface area contributed by atoms with Gasteiger partial charge in [0.25, 0.3) is 0 Å². The van der Waals surface area contributed by atoms with Gasteiger partial charge < -0.3 is 10.6 Å². The lowest BCUT2D eigenvalue weighted by atomic mass is 10.3. The minimum Gasteiger partial charge on any atom is -0.398 e. The van der Waals surface area contributed by atoms with E-state index in [0.29, 0.717) is 18.0 Å². The number of likely N-dealkylation sites (N-methyl/N-ethyl adjacent to an activating group) is 1. The average molecular weight is 332 g/mol. The first kappa shape index (κ1) is 18.3. The summed E-state index contributed by atoms with van der Waals surface area (Å²) in [5, 5.41) is 0. The van der Waals surface area contributed by atoms with Gasteiger partial charge in [0.2, 0.25) is 10.0 Å². The fraction of sp³-hybridized carbons (Fsp3) is 0.571. The molecule has 5 nitrogen and oxygen atoms in total. The Kier molecular flexibility index (Phi) is 8.10. The van der Waals surface area contributed by atoms with Gasteiger partial charge in [-0.15, -0.1) is 11.8 Å². The Balaban J connectivity index is 2.31. The number of nitrogen functional groups attached to an aromatic ring is 1. The number of benzene rings is 1. The van der Waals surface area contributed by atoms with Crippen molar-refractivity contribution in [3.63, 3.8) is 0 Å². The number of thioether (sulfide) groups is 1. The van der Waals surface area contributed by atoms with E-state index in [1.807, 2.05) is 24.3 Å². The van der Waals surface area contributed by atoms with E-state index >= 15 is 0 Å². The molecule has 0 aliphatic rings. The van der Waals surface area contributed by atoms with E-state index in [4.69, 9.17) is 5.73 Å². The molecule has 0 heterocycles. The lowest BCUT2D eigenvalue weighted by Gasteiger charge is -2.17. The van der Waals surface area contributed by atoms with Crippen LogP contribution < -0.4 is 10.5 Å². The first-order valence-electron chi connectivity index (χ1n) is 7.15. The Morgan fingerprint density at radius 3 is 2.52 bits per heavy atom. The van der Waals surface area contributed by atoms with Crippen molar-refractivity contribution >= 4 is 27.5 Å². The van der Waals surface area contributed by atoms with Gasteiger partial charge in [0.05, 0.1) is 5.75 Å². The third kappa shape index (κ3) is 7.17. The maximum absolute atomic E-state index is 11.9. The lowest BCUT2D eigenvalue weighted by Crippen LogP contribution is -2.36. The molecule has 0 fully saturated rings. The van der Waals surface area contributed by atoms with Crippen LogP contribution in [0.25, 0.3) is 0 Å². The van der Waals surface area contributed by atoms with Crippen molar-refractivity contribution in [2.24, 2.45) is 0 Å². The second-order valence-electron chi connectivity index (χ2n) is 4.63. The largest absolute Gasteiger partial charge is 0.398 e. The number of hydrogen-bond acceptors (Lipinski definition) is 5. The summed E-state index contributed by atoms with van der Waals surface area (Å²) < 4.78 is 26.4. The van der Waals surface area contributed by atoms with Gasteiger partial charge in [-0.2, -0.15) is 0 Å². The van der Waals surface area contributed by atoms with Crippen molar-refractivity contribution in [2.45, 2.75) is 18.7 Å². The topological polar surface area (TPSA) is 75.4 Å². The lowest BCUT2D eigenvalue weighted by molar-refractivity contribution is 0.309. The third-order valence-corrected chi connectivity index (χ3v) is 5.91. The van der Waals surface area contributed by atoms with Gasteiger partial charge in [-0.3, -0.25) is 0 Å². The zero-order valence-electron chi connectivity index (χ0n) is 12.7. The van der Waals surface area contributed by atoms with E-state index in [1.54, 1.807) is 0 Å². The molecule has 3 N–H and O–H groups in total. The number of para-hydroxylation sites is 1. The average Bonchev–Trinajstić information content (AvgIpc) is 2.45. The van der Waals surface area contributed by atoms with E-state index in [2.05, 4.69) is 23.5 Å². The van der Waals surface area contributed by atoms with Gasteiger partial charge in [0.1, 0.15) is 0 Å². The van der Waals surface area contributed by atoms with Crippen molar-refractivity contribution in [3.8, 4) is 0 Å². The van der Waals surface area contributed by atoms with Crippen LogP contribution >= 0.6 is 11.8 Å². The molecule has 0 aromatic heterocycles. The number of hydrogen-bond donors (Lipinski definition) is 2. The fourth-order valence-electron chi connectivity index (χ4n) is 1.84. The Labute approximate surface area is 132 Å². The molecule has 120 valence electrons. The van der Waals surface area contributed by atoms with Crippen LogP contribution in [-0.2, 0) is 10.0 Å². The number of nitrogens with one attached hydrogen (secondary N) is 1. The predicted octanol–water partition coefficient (Wildman–Crippen LogP) is 1.62. The zero-order valence-corrected chi connectivity index (χ0v) is 14.3. The molecule has 0 bridgehead atoms. The summed E-state index contributed by atoms with van der Waals surface area (Å²) in [5.41, 5.74) is 6.51. The number of rotatable bonds is 10. The summed E-state index contributed by atoms with van der Waals surface area (Å²) in [6.45, 7) is 7.20. The molecule has 0 saturated heterocycles. The first-order chi connectivity index (χ1) is 9.98. The summed E-state index contributed by atoms with van der Waals surface area (Å²) >= 11 is 1.47. The second kappa shape index (κ2) is 9.30. The molecule has 1 rings (SSSR count). The molecule has 7 heteroatoms. The van der Waals surface area contributed by atoms with Crippen molar-refractivity contribution in [3.05, 3.63) is 24.3 Å². The van der Waals surface area contributed by atoms with E-state index in [0.717, 1.165) is 24.5 Å². The van der Waals surface area contributed by atoms with E-state index in [-0.39, 0.29) is 5.75 Å². The zero-order chi connectivity index (χ0) is 15.7. The molecule has 0 unspecified atom stereocenters. The highest BCUT2D eigenvalue weighted by molar-refractivity contribution is 8.00. The van der Waals surface area contributed by atoms with Gasteiger partial charge in [-0.25, -0.2) is 13.1 Å². The van der Waals surface area contributed by atoms with Crippen LogP contribution in [0.5, 0.6) is 0 Å². The summed E-state index contributed by atoms with van der Waals surface area (Å²) in [4.78, 5) is 3.11. The Hall–Kier alpha value is -0.760. The van der Waals surface area contributed by atoms with E-state index < -0.39 is 10.0 Å². The van der Waals surface area contributed by atoms with Crippen molar-refractivity contribution in [2.75, 3.05) is 43.4 Å². The molecule has 0 aliphatic heterocycles. The smallest absolute Gasteiger partial charge is 0.212 e. The number of nitrogens with two attached hydrogens (primary N) is 1. The summed E-state index contributed by atoms with van der Waals surface area (Å²) in [7, 11) is -3.22. The summed E-state index contributed by atoms with van der Waals surface area (Å²) in [6, 6.07) is 7.49. The summed E-state index contributed by atoms with van der Waals surface area (Å²) in [6.07, 6.45) is 0. The number of anilines is 1. The molecular formula is C14H25N3O2S2. The molecule has 0 spiro atoms. The van der Waals surface area contributed by atoms with Crippen LogP contribution in [0.1, 0.15) is 13.8 Å². The third-order valence-electron chi connectivity index (χ3n) is 3.17. The standard InChI is InChI=1S/C14H25N3O2S2/c1-3-17(4-2)10-9-16-21(18,19)12-11-20-14-8-6-5-7-13(14)15/h5-8,16H,3-4,9-12,15H2,1-2H3. The highest BCUT2D eigenvalue weighted by atomic mass is 32.2. The van der Waals surface area contributed by atoms with Crippen LogP contribution in [0.4, 0.5) is 5.69 Å². The normalized spacial score (nSPS) is 12.0. The minimum absolute atomic E-state index is 0.101. The second-order valence-corrected chi connectivity index (χ2v) is 7.69. The van der Waals surface area contributed by atoms with Gasteiger partial charge in [0.15, 0.2) is 0 Å². The molecule has 0 saturated carbocycles. The molecule has 1 aromatic carbocycles. The molecular weight excluding hydrogens is 306 g/mol. The molecule has 0 atom stereocenters. The summed E-state index contributed by atoms with van der Waals surface area (Å²) in [5.74, 6) is 0.596. The van der Waals surface area contributed by atoms with Crippen LogP contribution in [-0.4, -0.2) is 51.0 Å².